The van der Waals surface area contributed by atoms with E-state index < -0.39 is 12.0 Å². The average Bonchev–Trinajstić information content (AvgIpc) is 3.64. The van der Waals surface area contributed by atoms with E-state index in [0.717, 1.165) is 42.6 Å². The minimum Gasteiger partial charge on any atom is -0.492 e. The molecule has 1 atom stereocenters. The van der Waals surface area contributed by atoms with Gasteiger partial charge in [-0.1, -0.05) is 47.5 Å². The van der Waals surface area contributed by atoms with Crippen molar-refractivity contribution in [2.45, 2.75) is 56.4 Å². The quantitative estimate of drug-likeness (QED) is 0.346. The number of para-hydroxylation sites is 1. The Morgan fingerprint density at radius 1 is 1.00 bits per heavy atom. The lowest BCUT2D eigenvalue weighted by Gasteiger charge is -2.35. The highest BCUT2D eigenvalue weighted by Crippen LogP contribution is 2.35. The van der Waals surface area contributed by atoms with Gasteiger partial charge in [0.25, 0.3) is 5.92 Å². The number of carbonyl (C=O) groups excluding carboxylic acids is 2. The van der Waals surface area contributed by atoms with Gasteiger partial charge in [0.15, 0.2) is 0 Å². The van der Waals surface area contributed by atoms with Crippen molar-refractivity contribution in [1.82, 2.24) is 20.0 Å². The van der Waals surface area contributed by atoms with Crippen LogP contribution < -0.4 is 10.1 Å². The second-order valence-electron chi connectivity index (χ2n) is 11.5. The SMILES string of the molecule is Cl.O=C(N[C@H](Cc1ccc(Cl)cc1Cl)C(=O)N1CCC(c2ccccc2OCCN2CCC(F)(F)C2)CC1)N1CCCC1. The monoisotopic (exact) mass is 658 g/mol. The maximum absolute atomic E-state index is 13.8. The number of likely N-dealkylation sites (tertiary alicyclic amines) is 3. The Kier molecular flexibility index (Phi) is 11.8. The molecule has 236 valence electrons. The molecule has 0 saturated carbocycles. The van der Waals surface area contributed by atoms with Gasteiger partial charge in [-0.3, -0.25) is 9.69 Å². The summed E-state index contributed by atoms with van der Waals surface area (Å²) in [6, 6.07) is 12.1. The van der Waals surface area contributed by atoms with Crippen LogP contribution in [0.1, 0.15) is 49.1 Å². The van der Waals surface area contributed by atoms with Crippen molar-refractivity contribution in [1.29, 1.82) is 0 Å². The number of ether oxygens (including phenoxy) is 1. The van der Waals surface area contributed by atoms with Crippen LogP contribution in [0.3, 0.4) is 0 Å². The average molecular weight is 660 g/mol. The Hall–Kier alpha value is -2.33. The smallest absolute Gasteiger partial charge is 0.318 e. The van der Waals surface area contributed by atoms with E-state index in [1.807, 2.05) is 29.2 Å². The Labute approximate surface area is 268 Å². The number of hydrogen-bond donors (Lipinski definition) is 1. The van der Waals surface area contributed by atoms with Crippen LogP contribution in [-0.2, 0) is 11.2 Å². The van der Waals surface area contributed by atoms with Gasteiger partial charge >= 0.3 is 6.03 Å². The van der Waals surface area contributed by atoms with E-state index in [1.54, 1.807) is 28.0 Å². The summed E-state index contributed by atoms with van der Waals surface area (Å²) in [5.74, 6) is -1.77. The molecular weight excluding hydrogens is 621 g/mol. The summed E-state index contributed by atoms with van der Waals surface area (Å²) in [6.45, 7) is 3.44. The van der Waals surface area contributed by atoms with Gasteiger partial charge in [0.05, 0.1) is 6.54 Å². The summed E-state index contributed by atoms with van der Waals surface area (Å²) in [5, 5.41) is 3.96. The molecule has 43 heavy (non-hydrogen) atoms. The number of nitrogens with one attached hydrogen (secondary N) is 1. The zero-order valence-corrected chi connectivity index (χ0v) is 26.4. The molecule has 0 bridgehead atoms. The van der Waals surface area contributed by atoms with Crippen molar-refractivity contribution in [2.75, 3.05) is 52.4 Å². The predicted molar refractivity (Wildman–Crippen MR) is 167 cm³/mol. The maximum Gasteiger partial charge on any atom is 0.318 e. The molecule has 7 nitrogen and oxygen atoms in total. The number of urea groups is 1. The fourth-order valence-corrected chi connectivity index (χ4v) is 6.62. The highest BCUT2D eigenvalue weighted by molar-refractivity contribution is 6.35. The van der Waals surface area contributed by atoms with Crippen molar-refractivity contribution >= 4 is 47.5 Å². The van der Waals surface area contributed by atoms with Crippen LogP contribution in [0.25, 0.3) is 0 Å². The molecular formula is C31H39Cl3F2N4O3. The summed E-state index contributed by atoms with van der Waals surface area (Å²) in [5.41, 5.74) is 1.82. The topological polar surface area (TPSA) is 65.1 Å². The standard InChI is InChI=1S/C31H38Cl2F2N4O3.ClH/c32-24-8-7-23(26(33)20-24)19-27(36-30(41)39-12-3-4-13-39)29(40)38-14-9-22(10-15-38)25-5-1-2-6-28(25)42-18-17-37-16-11-31(34,35)21-37;/h1-2,5-8,20,22,27H,3-4,9-19,21H2,(H,36,41);1H/t27-;/m1./s1. The highest BCUT2D eigenvalue weighted by atomic mass is 35.5. The van der Waals surface area contributed by atoms with E-state index in [-0.39, 0.29) is 49.6 Å². The van der Waals surface area contributed by atoms with Crippen molar-refractivity contribution < 1.29 is 23.1 Å². The van der Waals surface area contributed by atoms with Crippen LogP contribution in [0, 0.1) is 0 Å². The minimum atomic E-state index is -2.61. The van der Waals surface area contributed by atoms with Crippen LogP contribution in [0.5, 0.6) is 5.75 Å². The lowest BCUT2D eigenvalue weighted by molar-refractivity contribution is -0.134. The minimum absolute atomic E-state index is 0. The van der Waals surface area contributed by atoms with Gasteiger partial charge in [-0.2, -0.15) is 0 Å². The van der Waals surface area contributed by atoms with Crippen molar-refractivity contribution in [2.24, 2.45) is 0 Å². The van der Waals surface area contributed by atoms with Gasteiger partial charge in [-0.25, -0.2) is 13.6 Å². The lowest BCUT2D eigenvalue weighted by Crippen LogP contribution is -2.54. The molecule has 0 aromatic heterocycles. The van der Waals surface area contributed by atoms with Gasteiger partial charge in [0.1, 0.15) is 18.4 Å². The third-order valence-electron chi connectivity index (χ3n) is 8.51. The third-order valence-corrected chi connectivity index (χ3v) is 9.09. The molecule has 0 unspecified atom stereocenters. The molecule has 3 heterocycles. The van der Waals surface area contributed by atoms with Crippen molar-refractivity contribution in [3.8, 4) is 5.75 Å². The first kappa shape index (κ1) is 33.6. The number of piperidine rings is 1. The Bertz CT molecular complexity index is 1260. The molecule has 2 aromatic rings. The highest BCUT2D eigenvalue weighted by Gasteiger charge is 2.38. The first-order valence-electron chi connectivity index (χ1n) is 14.8. The summed E-state index contributed by atoms with van der Waals surface area (Å²) >= 11 is 12.5. The van der Waals surface area contributed by atoms with E-state index in [1.165, 1.54) is 0 Å². The molecule has 3 saturated heterocycles. The van der Waals surface area contributed by atoms with Crippen LogP contribution in [0.4, 0.5) is 13.6 Å². The lowest BCUT2D eigenvalue weighted by atomic mass is 9.88. The Balaban J connectivity index is 0.00000423. The van der Waals surface area contributed by atoms with Crippen LogP contribution in [0.2, 0.25) is 10.0 Å². The molecule has 2 aromatic carbocycles. The molecule has 3 aliphatic rings. The van der Waals surface area contributed by atoms with E-state index in [9.17, 15) is 18.4 Å². The summed E-state index contributed by atoms with van der Waals surface area (Å²) in [6.07, 6.45) is 3.59. The fraction of sp³-hybridized carbons (Fsp3) is 0.548. The molecule has 0 radical (unpaired) electrons. The van der Waals surface area contributed by atoms with E-state index in [2.05, 4.69) is 5.32 Å². The molecule has 1 N–H and O–H groups in total. The molecule has 3 amide bonds. The molecule has 5 rings (SSSR count). The van der Waals surface area contributed by atoms with Crippen LogP contribution in [-0.4, -0.2) is 91.0 Å². The van der Waals surface area contributed by atoms with Gasteiger partial charge in [0.2, 0.25) is 5.91 Å². The van der Waals surface area contributed by atoms with Crippen LogP contribution in [0.15, 0.2) is 42.5 Å². The van der Waals surface area contributed by atoms with Gasteiger partial charge < -0.3 is 19.9 Å². The number of alkyl halides is 2. The summed E-state index contributed by atoms with van der Waals surface area (Å²) in [7, 11) is 0. The van der Waals surface area contributed by atoms with Crippen molar-refractivity contribution in [3.63, 3.8) is 0 Å². The zero-order chi connectivity index (χ0) is 29.7. The largest absolute Gasteiger partial charge is 0.492 e. The van der Waals surface area contributed by atoms with Gasteiger partial charge in [0, 0.05) is 62.2 Å². The first-order valence-corrected chi connectivity index (χ1v) is 15.5. The molecule has 0 spiro atoms. The van der Waals surface area contributed by atoms with E-state index in [0.29, 0.717) is 55.9 Å². The molecule has 3 aliphatic heterocycles. The maximum atomic E-state index is 13.8. The summed E-state index contributed by atoms with van der Waals surface area (Å²) < 4.78 is 33.1. The Morgan fingerprint density at radius 3 is 2.40 bits per heavy atom. The fourth-order valence-electron chi connectivity index (χ4n) is 6.13. The molecule has 0 aliphatic carbocycles. The first-order chi connectivity index (χ1) is 20.2. The normalized spacial score (nSPS) is 19.6. The summed E-state index contributed by atoms with van der Waals surface area (Å²) in [4.78, 5) is 32.1. The second kappa shape index (κ2) is 15.1. The molecule has 12 heteroatoms. The third kappa shape index (κ3) is 8.87. The van der Waals surface area contributed by atoms with Gasteiger partial charge in [-0.05, 0) is 60.9 Å². The van der Waals surface area contributed by atoms with Crippen LogP contribution >= 0.6 is 35.6 Å². The number of rotatable bonds is 9. The van der Waals surface area contributed by atoms with Crippen molar-refractivity contribution in [3.05, 3.63) is 63.6 Å². The van der Waals surface area contributed by atoms with E-state index in [4.69, 9.17) is 27.9 Å². The molecule has 3 fully saturated rings. The van der Waals surface area contributed by atoms with Gasteiger partial charge in [-0.15, -0.1) is 12.4 Å². The van der Waals surface area contributed by atoms with E-state index >= 15 is 0 Å². The number of carbonyl (C=O) groups is 2. The second-order valence-corrected chi connectivity index (χ2v) is 12.3. The number of nitrogens with zero attached hydrogens (tertiary/aromatic N) is 3. The number of amides is 3. The number of benzene rings is 2. The Morgan fingerprint density at radius 2 is 1.72 bits per heavy atom. The predicted octanol–water partition coefficient (Wildman–Crippen LogP) is 6.26. The number of halogens is 5. The number of hydrogen-bond acceptors (Lipinski definition) is 4. The zero-order valence-electron chi connectivity index (χ0n) is 24.1.